The molecular weight excluding hydrogens is 270 g/mol. The molecule has 0 spiro atoms. The van der Waals surface area contributed by atoms with E-state index in [9.17, 15) is 4.79 Å². The Labute approximate surface area is 123 Å². The van der Waals surface area contributed by atoms with Crippen molar-refractivity contribution in [2.24, 2.45) is 0 Å². The minimum atomic E-state index is 0.0185. The lowest BCUT2D eigenvalue weighted by Crippen LogP contribution is -2.30. The summed E-state index contributed by atoms with van der Waals surface area (Å²) in [5.74, 6) is 0.0185. The van der Waals surface area contributed by atoms with Crippen LogP contribution in [0.15, 0.2) is 36.0 Å². The van der Waals surface area contributed by atoms with Gasteiger partial charge in [-0.25, -0.2) is 0 Å². The first-order valence-corrected chi connectivity index (χ1v) is 7.63. The maximum absolute atomic E-state index is 12.6. The van der Waals surface area contributed by atoms with E-state index in [2.05, 4.69) is 16.4 Å². The van der Waals surface area contributed by atoms with Gasteiger partial charge in [-0.2, -0.15) is 0 Å². The minimum absolute atomic E-state index is 0.0185. The van der Waals surface area contributed by atoms with Crippen molar-refractivity contribution in [1.29, 1.82) is 0 Å². The Balaban J connectivity index is 2.20. The number of pyridine rings is 1. The lowest BCUT2D eigenvalue weighted by molar-refractivity contribution is 0.0754. The van der Waals surface area contributed by atoms with Crippen LogP contribution < -0.4 is 5.32 Å². The van der Waals surface area contributed by atoms with E-state index < -0.39 is 0 Å². The molecule has 0 atom stereocenters. The van der Waals surface area contributed by atoms with E-state index in [-0.39, 0.29) is 5.91 Å². The van der Waals surface area contributed by atoms with Gasteiger partial charge in [0.1, 0.15) is 0 Å². The third-order valence-corrected chi connectivity index (χ3v) is 3.88. The average molecular weight is 289 g/mol. The van der Waals surface area contributed by atoms with Gasteiger partial charge in [0.2, 0.25) is 0 Å². The van der Waals surface area contributed by atoms with Crippen LogP contribution in [0.1, 0.15) is 29.1 Å². The van der Waals surface area contributed by atoms with Crippen LogP contribution >= 0.6 is 11.3 Å². The lowest BCUT2D eigenvalue weighted by atomic mass is 10.2. The van der Waals surface area contributed by atoms with Gasteiger partial charge < -0.3 is 10.2 Å². The fraction of sp³-hybridized carbons (Fsp3) is 0.333. The van der Waals surface area contributed by atoms with Crippen LogP contribution in [-0.4, -0.2) is 28.9 Å². The number of nitrogens with one attached hydrogen (secondary N) is 1. The summed E-state index contributed by atoms with van der Waals surface area (Å²) in [4.78, 5) is 19.8. The normalized spacial score (nSPS) is 10.3. The summed E-state index contributed by atoms with van der Waals surface area (Å²) in [6.07, 6.45) is 3.34. The summed E-state index contributed by atoms with van der Waals surface area (Å²) in [7, 11) is 0. The average Bonchev–Trinajstić information content (AvgIpc) is 2.98. The lowest BCUT2D eigenvalue weighted by Gasteiger charge is -2.21. The molecule has 0 unspecified atom stereocenters. The number of nitrogens with zero attached hydrogens (tertiary/aromatic N) is 2. The molecule has 1 amide bonds. The van der Waals surface area contributed by atoms with Gasteiger partial charge in [-0.3, -0.25) is 9.78 Å². The van der Waals surface area contributed by atoms with Crippen LogP contribution in [-0.2, 0) is 6.54 Å². The van der Waals surface area contributed by atoms with Crippen LogP contribution in [0.25, 0.3) is 0 Å². The third-order valence-electron chi connectivity index (χ3n) is 3.01. The first kappa shape index (κ1) is 14.5. The second-order valence-electron chi connectivity index (χ2n) is 4.35. The molecule has 5 heteroatoms. The van der Waals surface area contributed by atoms with Crippen LogP contribution in [0.4, 0.5) is 5.69 Å². The highest BCUT2D eigenvalue weighted by molar-refractivity contribution is 7.09. The quantitative estimate of drug-likeness (QED) is 0.888. The van der Waals surface area contributed by atoms with Gasteiger partial charge in [0.05, 0.1) is 17.8 Å². The molecule has 0 saturated carbocycles. The first-order chi connectivity index (χ1) is 9.76. The molecule has 20 heavy (non-hydrogen) atoms. The third kappa shape index (κ3) is 3.36. The van der Waals surface area contributed by atoms with E-state index in [0.717, 1.165) is 12.2 Å². The van der Waals surface area contributed by atoms with E-state index in [4.69, 9.17) is 0 Å². The zero-order chi connectivity index (χ0) is 14.4. The number of rotatable bonds is 6. The van der Waals surface area contributed by atoms with Crippen molar-refractivity contribution < 1.29 is 4.79 Å². The molecule has 0 aliphatic rings. The Morgan fingerprint density at radius 1 is 1.40 bits per heavy atom. The van der Waals surface area contributed by atoms with Crippen molar-refractivity contribution in [3.8, 4) is 0 Å². The second-order valence-corrected chi connectivity index (χ2v) is 5.38. The number of carbonyl (C=O) groups excluding carboxylic acids is 1. The summed E-state index contributed by atoms with van der Waals surface area (Å²) in [5, 5.41) is 5.24. The smallest absolute Gasteiger partial charge is 0.257 e. The van der Waals surface area contributed by atoms with Gasteiger partial charge in [0.25, 0.3) is 5.91 Å². The number of amides is 1. The number of hydrogen-bond donors (Lipinski definition) is 1. The largest absolute Gasteiger partial charge is 0.385 e. The Morgan fingerprint density at radius 3 is 2.90 bits per heavy atom. The molecule has 2 rings (SSSR count). The van der Waals surface area contributed by atoms with Crippen LogP contribution in [0, 0.1) is 0 Å². The highest BCUT2D eigenvalue weighted by Crippen LogP contribution is 2.18. The van der Waals surface area contributed by atoms with Crippen LogP contribution in [0.5, 0.6) is 0 Å². The van der Waals surface area contributed by atoms with Crippen molar-refractivity contribution in [3.63, 3.8) is 0 Å². The molecule has 0 aromatic carbocycles. The Hall–Kier alpha value is -1.88. The predicted octanol–water partition coefficient (Wildman–Crippen LogP) is 3.24. The molecule has 4 nitrogen and oxygen atoms in total. The van der Waals surface area contributed by atoms with E-state index in [1.54, 1.807) is 23.7 Å². The highest BCUT2D eigenvalue weighted by Gasteiger charge is 2.18. The molecule has 1 N–H and O–H groups in total. The van der Waals surface area contributed by atoms with Gasteiger partial charge in [-0.1, -0.05) is 6.07 Å². The Bertz CT molecular complexity index is 554. The van der Waals surface area contributed by atoms with Crippen molar-refractivity contribution in [3.05, 3.63) is 46.4 Å². The summed E-state index contributed by atoms with van der Waals surface area (Å²) in [6, 6.07) is 5.90. The number of thiophene rings is 1. The maximum Gasteiger partial charge on any atom is 0.257 e. The molecule has 106 valence electrons. The molecule has 2 heterocycles. The Morgan fingerprint density at radius 2 is 2.25 bits per heavy atom. The van der Waals surface area contributed by atoms with Crippen molar-refractivity contribution >= 4 is 22.9 Å². The van der Waals surface area contributed by atoms with Gasteiger partial charge >= 0.3 is 0 Å². The SMILES string of the molecule is CCNc1ccncc1C(=O)N(CC)Cc1cccs1. The fourth-order valence-corrected chi connectivity index (χ4v) is 2.72. The topological polar surface area (TPSA) is 45.2 Å². The van der Waals surface area contributed by atoms with E-state index in [1.165, 1.54) is 4.88 Å². The molecule has 0 radical (unpaired) electrons. The molecule has 0 fully saturated rings. The van der Waals surface area contributed by atoms with Crippen LogP contribution in [0.3, 0.4) is 0 Å². The minimum Gasteiger partial charge on any atom is -0.385 e. The second kappa shape index (κ2) is 7.05. The Kier molecular flexibility index (Phi) is 5.12. The van der Waals surface area contributed by atoms with Crippen LogP contribution in [0.2, 0.25) is 0 Å². The van der Waals surface area contributed by atoms with E-state index in [1.807, 2.05) is 36.3 Å². The molecular formula is C15H19N3OS. The van der Waals surface area contributed by atoms with Crippen molar-refractivity contribution in [2.45, 2.75) is 20.4 Å². The summed E-state index contributed by atoms with van der Waals surface area (Å²) >= 11 is 1.67. The maximum atomic E-state index is 12.6. The number of hydrogen-bond acceptors (Lipinski definition) is 4. The standard InChI is InChI=1S/C15H19N3OS/c1-3-17-14-7-8-16-10-13(14)15(19)18(4-2)11-12-6-5-9-20-12/h5-10H,3-4,11H2,1-2H3,(H,16,17). The molecule has 2 aromatic rings. The molecule has 2 aromatic heterocycles. The van der Waals surface area contributed by atoms with Gasteiger partial charge in [-0.15, -0.1) is 11.3 Å². The van der Waals surface area contributed by atoms with Crippen molar-refractivity contribution in [1.82, 2.24) is 9.88 Å². The number of aromatic nitrogens is 1. The van der Waals surface area contributed by atoms with E-state index >= 15 is 0 Å². The summed E-state index contributed by atoms with van der Waals surface area (Å²) < 4.78 is 0. The van der Waals surface area contributed by atoms with Crippen molar-refractivity contribution in [2.75, 3.05) is 18.4 Å². The zero-order valence-electron chi connectivity index (χ0n) is 11.8. The molecule has 0 aliphatic heterocycles. The molecule has 0 aliphatic carbocycles. The molecule has 0 saturated heterocycles. The highest BCUT2D eigenvalue weighted by atomic mass is 32.1. The zero-order valence-corrected chi connectivity index (χ0v) is 12.6. The molecule has 0 bridgehead atoms. The summed E-state index contributed by atoms with van der Waals surface area (Å²) in [6.45, 7) is 6.11. The van der Waals surface area contributed by atoms with E-state index in [0.29, 0.717) is 18.7 Å². The fourth-order valence-electron chi connectivity index (χ4n) is 2.00. The first-order valence-electron chi connectivity index (χ1n) is 6.75. The van der Waals surface area contributed by atoms with Gasteiger partial charge in [0.15, 0.2) is 0 Å². The predicted molar refractivity (Wildman–Crippen MR) is 83.1 cm³/mol. The number of anilines is 1. The van der Waals surface area contributed by atoms with Gasteiger partial charge in [-0.05, 0) is 31.4 Å². The monoisotopic (exact) mass is 289 g/mol. The van der Waals surface area contributed by atoms with Gasteiger partial charge in [0, 0.05) is 30.4 Å². The number of carbonyl (C=O) groups is 1. The summed E-state index contributed by atoms with van der Waals surface area (Å²) in [5.41, 5.74) is 1.48.